The van der Waals surface area contributed by atoms with Crippen molar-refractivity contribution in [3.8, 4) is 11.5 Å². The van der Waals surface area contributed by atoms with Crippen molar-refractivity contribution in [2.45, 2.75) is 26.7 Å². The molecular weight excluding hydrogens is 468 g/mol. The lowest BCUT2D eigenvalue weighted by Gasteiger charge is -2.13. The predicted molar refractivity (Wildman–Crippen MR) is 118 cm³/mol. The summed E-state index contributed by atoms with van der Waals surface area (Å²) < 4.78 is 16.7. The number of carbonyl (C=O) groups excluding carboxylic acids is 3. The van der Waals surface area contributed by atoms with Crippen LogP contribution >= 0.6 is 15.9 Å². The van der Waals surface area contributed by atoms with Crippen LogP contribution in [-0.4, -0.2) is 37.6 Å². The van der Waals surface area contributed by atoms with Gasteiger partial charge in [-0.1, -0.05) is 29.8 Å². The number of hydrogen-bond donors (Lipinski definition) is 2. The quantitative estimate of drug-likeness (QED) is 0.387. The van der Waals surface area contributed by atoms with Gasteiger partial charge in [-0.25, -0.2) is 4.79 Å². The third-order valence-corrected chi connectivity index (χ3v) is 4.35. The summed E-state index contributed by atoms with van der Waals surface area (Å²) in [4.78, 5) is 36.2. The molecule has 8 nitrogen and oxygen atoms in total. The van der Waals surface area contributed by atoms with E-state index in [9.17, 15) is 14.4 Å². The molecule has 166 valence electrons. The van der Waals surface area contributed by atoms with Gasteiger partial charge >= 0.3 is 5.97 Å². The first-order valence-electron chi connectivity index (χ1n) is 9.86. The monoisotopic (exact) mass is 492 g/mol. The van der Waals surface area contributed by atoms with Gasteiger partial charge in [-0.3, -0.25) is 20.4 Å². The predicted octanol–water partition coefficient (Wildman–Crippen LogP) is 3.64. The molecule has 0 saturated carbocycles. The fourth-order valence-electron chi connectivity index (χ4n) is 2.36. The van der Waals surface area contributed by atoms with Crippen molar-refractivity contribution in [2.24, 2.45) is 0 Å². The molecule has 2 aromatic rings. The highest BCUT2D eigenvalue weighted by molar-refractivity contribution is 9.10. The Morgan fingerprint density at radius 2 is 1.61 bits per heavy atom. The van der Waals surface area contributed by atoms with Gasteiger partial charge in [0.1, 0.15) is 11.5 Å². The van der Waals surface area contributed by atoms with E-state index >= 15 is 0 Å². The zero-order chi connectivity index (χ0) is 22.6. The summed E-state index contributed by atoms with van der Waals surface area (Å²) in [6, 6.07) is 11.3. The lowest BCUT2D eigenvalue weighted by molar-refractivity contribution is -0.123. The highest BCUT2D eigenvalue weighted by Gasteiger charge is 2.14. The topological polar surface area (TPSA) is 103 Å². The van der Waals surface area contributed by atoms with E-state index in [1.807, 2.05) is 13.8 Å². The average Bonchev–Trinajstić information content (AvgIpc) is 2.79. The Bertz CT molecular complexity index is 901. The van der Waals surface area contributed by atoms with Crippen LogP contribution in [0, 0.1) is 0 Å². The Morgan fingerprint density at radius 3 is 2.29 bits per heavy atom. The summed E-state index contributed by atoms with van der Waals surface area (Å²) >= 11 is 3.32. The first-order valence-corrected chi connectivity index (χ1v) is 10.6. The number of hydrazine groups is 1. The Balaban J connectivity index is 1.84. The number of esters is 1. The largest absolute Gasteiger partial charge is 0.493 e. The van der Waals surface area contributed by atoms with Crippen LogP contribution in [0.15, 0.2) is 46.9 Å². The molecule has 0 saturated heterocycles. The molecule has 0 atom stereocenters. The number of rotatable bonds is 10. The molecule has 0 heterocycles. The van der Waals surface area contributed by atoms with E-state index in [0.29, 0.717) is 34.7 Å². The summed E-state index contributed by atoms with van der Waals surface area (Å²) in [7, 11) is 0. The summed E-state index contributed by atoms with van der Waals surface area (Å²) in [6.07, 6.45) is 1.54. The standard InChI is InChI=1S/C22H25BrN2O6/c1-3-11-29-19-10-7-16(23)13-18(19)21(27)25-24-20(26)14-31-17-8-5-15(6-9-17)22(28)30-12-4-2/h5-10,13H,3-4,11-12,14H2,1-2H3,(H,24,26)(H,25,27). The van der Waals surface area contributed by atoms with Crippen LogP contribution in [0.4, 0.5) is 0 Å². The molecule has 2 N–H and O–H groups in total. The maximum absolute atomic E-state index is 12.4. The minimum atomic E-state index is -0.550. The maximum atomic E-state index is 12.4. The molecule has 0 aliphatic carbocycles. The van der Waals surface area contributed by atoms with Crippen LogP contribution in [-0.2, 0) is 9.53 Å². The summed E-state index contributed by atoms with van der Waals surface area (Å²) in [5.41, 5.74) is 5.32. The molecule has 0 aliphatic heterocycles. The molecule has 2 rings (SSSR count). The number of benzene rings is 2. The molecule has 0 unspecified atom stereocenters. The zero-order valence-electron chi connectivity index (χ0n) is 17.4. The smallest absolute Gasteiger partial charge is 0.338 e. The zero-order valence-corrected chi connectivity index (χ0v) is 19.0. The van der Waals surface area contributed by atoms with E-state index in [1.165, 1.54) is 0 Å². The van der Waals surface area contributed by atoms with Gasteiger partial charge in [0.25, 0.3) is 11.8 Å². The van der Waals surface area contributed by atoms with Crippen LogP contribution in [0.5, 0.6) is 11.5 Å². The molecule has 0 aliphatic rings. The molecule has 0 radical (unpaired) electrons. The lowest BCUT2D eigenvalue weighted by atomic mass is 10.2. The van der Waals surface area contributed by atoms with Crippen molar-refractivity contribution < 1.29 is 28.6 Å². The van der Waals surface area contributed by atoms with E-state index in [2.05, 4.69) is 26.8 Å². The normalized spacial score (nSPS) is 10.2. The highest BCUT2D eigenvalue weighted by atomic mass is 79.9. The van der Waals surface area contributed by atoms with Crippen LogP contribution < -0.4 is 20.3 Å². The maximum Gasteiger partial charge on any atom is 0.338 e. The van der Waals surface area contributed by atoms with Gasteiger partial charge in [0, 0.05) is 4.47 Å². The fourth-order valence-corrected chi connectivity index (χ4v) is 2.72. The van der Waals surface area contributed by atoms with Crippen LogP contribution in [0.25, 0.3) is 0 Å². The van der Waals surface area contributed by atoms with E-state index in [1.54, 1.807) is 42.5 Å². The molecule has 2 aromatic carbocycles. The highest BCUT2D eigenvalue weighted by Crippen LogP contribution is 2.23. The number of amides is 2. The SMILES string of the molecule is CCCOC(=O)c1ccc(OCC(=O)NNC(=O)c2cc(Br)ccc2OCCC)cc1. The molecule has 0 aromatic heterocycles. The van der Waals surface area contributed by atoms with Crippen LogP contribution in [0.1, 0.15) is 47.4 Å². The van der Waals surface area contributed by atoms with Crippen molar-refractivity contribution in [1.82, 2.24) is 10.9 Å². The molecule has 0 bridgehead atoms. The van der Waals surface area contributed by atoms with Crippen molar-refractivity contribution >= 4 is 33.7 Å². The number of hydrogen-bond acceptors (Lipinski definition) is 6. The fraction of sp³-hybridized carbons (Fsp3) is 0.318. The number of nitrogens with one attached hydrogen (secondary N) is 2. The third-order valence-electron chi connectivity index (χ3n) is 3.86. The minimum absolute atomic E-state index is 0.287. The number of ether oxygens (including phenoxy) is 3. The van der Waals surface area contributed by atoms with Crippen LogP contribution in [0.3, 0.4) is 0 Å². The minimum Gasteiger partial charge on any atom is -0.493 e. The molecule has 0 spiro atoms. The lowest BCUT2D eigenvalue weighted by Crippen LogP contribution is -2.44. The van der Waals surface area contributed by atoms with Gasteiger partial charge in [-0.05, 0) is 55.3 Å². The van der Waals surface area contributed by atoms with Crippen molar-refractivity contribution in [3.05, 3.63) is 58.1 Å². The molecule has 31 heavy (non-hydrogen) atoms. The molecule has 2 amide bonds. The van der Waals surface area contributed by atoms with Gasteiger partial charge in [0.05, 0.1) is 24.3 Å². The van der Waals surface area contributed by atoms with Crippen LogP contribution in [0.2, 0.25) is 0 Å². The molecule has 0 fully saturated rings. The summed E-state index contributed by atoms with van der Waals surface area (Å²) in [6.45, 7) is 4.38. The number of carbonyl (C=O) groups is 3. The van der Waals surface area contributed by atoms with E-state index in [-0.39, 0.29) is 12.2 Å². The average molecular weight is 493 g/mol. The first kappa shape index (κ1) is 24.2. The summed E-state index contributed by atoms with van der Waals surface area (Å²) in [5, 5.41) is 0. The van der Waals surface area contributed by atoms with Gasteiger partial charge in [-0.2, -0.15) is 0 Å². The molecular formula is C22H25BrN2O6. The van der Waals surface area contributed by atoms with Gasteiger partial charge < -0.3 is 14.2 Å². The van der Waals surface area contributed by atoms with Crippen molar-refractivity contribution in [2.75, 3.05) is 19.8 Å². The Hall–Kier alpha value is -3.07. The van der Waals surface area contributed by atoms with E-state index in [0.717, 1.165) is 12.8 Å². The third kappa shape index (κ3) is 7.93. The number of halogens is 1. The second-order valence-corrected chi connectivity index (χ2v) is 7.36. The second kappa shape index (κ2) is 12.6. The first-order chi connectivity index (χ1) is 14.9. The Kier molecular flexibility index (Phi) is 9.83. The second-order valence-electron chi connectivity index (χ2n) is 6.44. The van der Waals surface area contributed by atoms with Crippen molar-refractivity contribution in [1.29, 1.82) is 0 Å². The summed E-state index contributed by atoms with van der Waals surface area (Å²) in [5.74, 6) is -0.661. The Labute approximate surface area is 189 Å². The van der Waals surface area contributed by atoms with Gasteiger partial charge in [0.2, 0.25) is 0 Å². The van der Waals surface area contributed by atoms with Gasteiger partial charge in [-0.15, -0.1) is 0 Å². The van der Waals surface area contributed by atoms with Crippen molar-refractivity contribution in [3.63, 3.8) is 0 Å². The van der Waals surface area contributed by atoms with E-state index < -0.39 is 17.8 Å². The van der Waals surface area contributed by atoms with Gasteiger partial charge in [0.15, 0.2) is 6.61 Å². The molecule has 9 heteroatoms. The van der Waals surface area contributed by atoms with E-state index in [4.69, 9.17) is 14.2 Å². The Morgan fingerprint density at radius 1 is 0.903 bits per heavy atom.